The van der Waals surface area contributed by atoms with Crippen LogP contribution in [-0.2, 0) is 21.4 Å². The first-order chi connectivity index (χ1) is 14.1. The molecule has 0 saturated carbocycles. The number of sulfonamides is 1. The molecule has 0 aliphatic carbocycles. The van der Waals surface area contributed by atoms with Crippen LogP contribution in [0, 0.1) is 5.92 Å². The largest absolute Gasteiger partial charge is 0.573 e. The van der Waals surface area contributed by atoms with Crippen molar-refractivity contribution in [3.05, 3.63) is 54.4 Å². The van der Waals surface area contributed by atoms with Crippen molar-refractivity contribution in [3.63, 3.8) is 0 Å². The zero-order valence-electron chi connectivity index (χ0n) is 15.8. The number of rotatable bonds is 6. The first-order valence-corrected chi connectivity index (χ1v) is 10.6. The third-order valence-corrected chi connectivity index (χ3v) is 6.57. The fourth-order valence-corrected chi connectivity index (χ4v) is 4.67. The van der Waals surface area contributed by atoms with Gasteiger partial charge in [-0.3, -0.25) is 9.78 Å². The molecule has 30 heavy (non-hydrogen) atoms. The minimum absolute atomic E-state index is 0.0916. The van der Waals surface area contributed by atoms with Crippen molar-refractivity contribution in [2.45, 2.75) is 30.6 Å². The Morgan fingerprint density at radius 1 is 1.17 bits per heavy atom. The molecule has 1 aromatic carbocycles. The van der Waals surface area contributed by atoms with E-state index >= 15 is 0 Å². The van der Waals surface area contributed by atoms with Crippen molar-refractivity contribution < 1.29 is 31.1 Å². The number of benzene rings is 1. The lowest BCUT2D eigenvalue weighted by Gasteiger charge is -2.30. The number of hydrogen-bond acceptors (Lipinski definition) is 5. The van der Waals surface area contributed by atoms with Gasteiger partial charge in [0, 0.05) is 31.3 Å². The number of ether oxygens (including phenoxy) is 1. The lowest BCUT2D eigenvalue weighted by atomic mass is 9.97. The highest BCUT2D eigenvalue weighted by Gasteiger charge is 2.34. The molecule has 0 radical (unpaired) electrons. The van der Waals surface area contributed by atoms with Crippen molar-refractivity contribution in [1.82, 2.24) is 14.6 Å². The van der Waals surface area contributed by atoms with Gasteiger partial charge >= 0.3 is 6.36 Å². The number of amides is 1. The van der Waals surface area contributed by atoms with Gasteiger partial charge in [-0.2, -0.15) is 4.31 Å². The zero-order chi connectivity index (χ0) is 21.8. The van der Waals surface area contributed by atoms with E-state index in [4.69, 9.17) is 0 Å². The predicted molar refractivity (Wildman–Crippen MR) is 101 cm³/mol. The highest BCUT2D eigenvalue weighted by molar-refractivity contribution is 7.89. The number of piperidine rings is 1. The van der Waals surface area contributed by atoms with E-state index in [0.717, 1.165) is 12.1 Å². The van der Waals surface area contributed by atoms with Crippen LogP contribution in [-0.4, -0.2) is 43.1 Å². The molecule has 11 heteroatoms. The summed E-state index contributed by atoms with van der Waals surface area (Å²) in [6.07, 6.45) is -2.67. The predicted octanol–water partition coefficient (Wildman–Crippen LogP) is 2.70. The standard InChI is InChI=1S/C19H20F3N3O4S/c20-19(21,22)29-16-5-3-6-17(12-16)30(27,28)25-10-7-14(8-11-25)18(26)24-13-15-4-1-2-9-23-15/h1-6,9,12,14H,7-8,10-11,13H2,(H,24,26). The first kappa shape index (κ1) is 22.0. The lowest BCUT2D eigenvalue weighted by molar-refractivity contribution is -0.274. The Kier molecular flexibility index (Phi) is 6.61. The van der Waals surface area contributed by atoms with E-state index in [1.807, 2.05) is 6.07 Å². The minimum Gasteiger partial charge on any atom is -0.406 e. The monoisotopic (exact) mass is 443 g/mol. The quantitative estimate of drug-likeness (QED) is 0.742. The maximum atomic E-state index is 12.8. The molecule has 3 rings (SSSR count). The van der Waals surface area contributed by atoms with Crippen LogP contribution in [0.15, 0.2) is 53.6 Å². The number of pyridine rings is 1. The number of carbonyl (C=O) groups excluding carboxylic acids is 1. The summed E-state index contributed by atoms with van der Waals surface area (Å²) in [5.41, 5.74) is 0.715. The Balaban J connectivity index is 1.58. The van der Waals surface area contributed by atoms with Crippen molar-refractivity contribution >= 4 is 15.9 Å². The molecule has 0 bridgehead atoms. The summed E-state index contributed by atoms with van der Waals surface area (Å²) in [5.74, 6) is -1.13. The van der Waals surface area contributed by atoms with E-state index in [-0.39, 0.29) is 36.4 Å². The maximum absolute atomic E-state index is 12.8. The molecule has 2 heterocycles. The SMILES string of the molecule is O=C(NCc1ccccn1)C1CCN(S(=O)(=O)c2cccc(OC(F)(F)F)c2)CC1. The lowest BCUT2D eigenvalue weighted by Crippen LogP contribution is -2.42. The van der Waals surface area contributed by atoms with Gasteiger partial charge in [0.1, 0.15) is 5.75 Å². The third kappa shape index (κ3) is 5.70. The van der Waals surface area contributed by atoms with Crippen LogP contribution in [0.3, 0.4) is 0 Å². The Morgan fingerprint density at radius 3 is 2.53 bits per heavy atom. The summed E-state index contributed by atoms with van der Waals surface area (Å²) >= 11 is 0. The smallest absolute Gasteiger partial charge is 0.406 e. The van der Waals surface area contributed by atoms with Gasteiger partial charge in [0.15, 0.2) is 0 Å². The molecule has 1 saturated heterocycles. The van der Waals surface area contributed by atoms with Crippen molar-refractivity contribution in [2.75, 3.05) is 13.1 Å². The van der Waals surface area contributed by atoms with E-state index in [1.165, 1.54) is 16.4 Å². The Morgan fingerprint density at radius 2 is 1.90 bits per heavy atom. The number of nitrogens with one attached hydrogen (secondary N) is 1. The Labute approximate surface area is 171 Å². The fraction of sp³-hybridized carbons (Fsp3) is 0.368. The van der Waals surface area contributed by atoms with Gasteiger partial charge < -0.3 is 10.1 Å². The number of alkyl halides is 3. The summed E-state index contributed by atoms with van der Waals surface area (Å²) < 4.78 is 67.7. The van der Waals surface area contributed by atoms with Gasteiger partial charge in [-0.05, 0) is 37.1 Å². The summed E-state index contributed by atoms with van der Waals surface area (Å²) in [5, 5.41) is 2.79. The average molecular weight is 443 g/mol. The molecule has 0 atom stereocenters. The van der Waals surface area contributed by atoms with Crippen LogP contribution in [0.1, 0.15) is 18.5 Å². The van der Waals surface area contributed by atoms with Gasteiger partial charge in [-0.15, -0.1) is 13.2 Å². The van der Waals surface area contributed by atoms with Crippen LogP contribution >= 0.6 is 0 Å². The third-order valence-electron chi connectivity index (χ3n) is 4.67. The molecule has 2 aromatic rings. The topological polar surface area (TPSA) is 88.6 Å². The molecular weight excluding hydrogens is 423 g/mol. The van der Waals surface area contributed by atoms with Gasteiger partial charge in [0.2, 0.25) is 15.9 Å². The minimum atomic E-state index is -4.91. The van der Waals surface area contributed by atoms with Crippen LogP contribution in [0.4, 0.5) is 13.2 Å². The zero-order valence-corrected chi connectivity index (χ0v) is 16.6. The molecule has 0 spiro atoms. The normalized spacial score (nSPS) is 16.2. The molecular formula is C19H20F3N3O4S. The van der Waals surface area contributed by atoms with Gasteiger partial charge in [0.05, 0.1) is 17.1 Å². The van der Waals surface area contributed by atoms with Gasteiger partial charge in [0.25, 0.3) is 0 Å². The van der Waals surface area contributed by atoms with E-state index in [9.17, 15) is 26.4 Å². The number of halogens is 3. The molecule has 1 aliphatic rings. The van der Waals surface area contributed by atoms with Crippen LogP contribution in [0.25, 0.3) is 0 Å². The second-order valence-electron chi connectivity index (χ2n) is 6.74. The first-order valence-electron chi connectivity index (χ1n) is 9.19. The summed E-state index contributed by atoms with van der Waals surface area (Å²) in [6, 6.07) is 9.64. The molecule has 0 unspecified atom stereocenters. The second-order valence-corrected chi connectivity index (χ2v) is 8.68. The molecule has 7 nitrogen and oxygen atoms in total. The van der Waals surface area contributed by atoms with Crippen LogP contribution < -0.4 is 10.1 Å². The Hall–Kier alpha value is -2.66. The van der Waals surface area contributed by atoms with E-state index < -0.39 is 22.1 Å². The average Bonchev–Trinajstić information content (AvgIpc) is 2.72. The van der Waals surface area contributed by atoms with Crippen molar-refractivity contribution in [2.24, 2.45) is 5.92 Å². The number of nitrogens with zero attached hydrogens (tertiary/aromatic N) is 2. The summed E-state index contributed by atoms with van der Waals surface area (Å²) in [6.45, 7) is 0.465. The summed E-state index contributed by atoms with van der Waals surface area (Å²) in [7, 11) is -4.00. The van der Waals surface area contributed by atoms with Crippen LogP contribution in [0.2, 0.25) is 0 Å². The van der Waals surface area contributed by atoms with Crippen LogP contribution in [0.5, 0.6) is 5.75 Å². The Bertz CT molecular complexity index is 976. The van der Waals surface area contributed by atoms with Crippen molar-refractivity contribution in [1.29, 1.82) is 0 Å². The molecule has 1 fully saturated rings. The van der Waals surface area contributed by atoms with Gasteiger partial charge in [-0.25, -0.2) is 8.42 Å². The van der Waals surface area contributed by atoms with Crippen molar-refractivity contribution in [3.8, 4) is 5.75 Å². The molecule has 162 valence electrons. The highest BCUT2D eigenvalue weighted by Crippen LogP contribution is 2.28. The molecule has 1 aliphatic heterocycles. The fourth-order valence-electron chi connectivity index (χ4n) is 3.16. The van der Waals surface area contributed by atoms with E-state index in [2.05, 4.69) is 15.0 Å². The van der Waals surface area contributed by atoms with E-state index in [0.29, 0.717) is 18.5 Å². The number of aromatic nitrogens is 1. The molecule has 1 amide bonds. The highest BCUT2D eigenvalue weighted by atomic mass is 32.2. The molecule has 1 N–H and O–H groups in total. The molecule has 1 aromatic heterocycles. The summed E-state index contributed by atoms with van der Waals surface area (Å²) in [4.78, 5) is 16.2. The second kappa shape index (κ2) is 9.00. The number of hydrogen-bond donors (Lipinski definition) is 1. The maximum Gasteiger partial charge on any atom is 0.573 e. The van der Waals surface area contributed by atoms with E-state index in [1.54, 1.807) is 18.3 Å². The number of carbonyl (C=O) groups is 1. The van der Waals surface area contributed by atoms with Gasteiger partial charge in [-0.1, -0.05) is 12.1 Å².